The summed E-state index contributed by atoms with van der Waals surface area (Å²) < 4.78 is 27.0. The van der Waals surface area contributed by atoms with Gasteiger partial charge in [-0.2, -0.15) is 4.98 Å². The zero-order valence-electron chi connectivity index (χ0n) is 20.4. The summed E-state index contributed by atoms with van der Waals surface area (Å²) in [5, 5.41) is 3.59. The molecule has 3 aromatic rings. The molecule has 0 saturated carbocycles. The second kappa shape index (κ2) is 10.9. The number of hydrogen-bond donors (Lipinski definition) is 1. The van der Waals surface area contributed by atoms with Gasteiger partial charge in [0.2, 0.25) is 5.95 Å². The van der Waals surface area contributed by atoms with E-state index in [0.29, 0.717) is 17.3 Å². The van der Waals surface area contributed by atoms with Gasteiger partial charge in [0.25, 0.3) is 5.56 Å². The van der Waals surface area contributed by atoms with Crippen molar-refractivity contribution in [1.82, 2.24) is 9.55 Å². The zero-order valence-corrected chi connectivity index (χ0v) is 21.1. The van der Waals surface area contributed by atoms with Crippen LogP contribution in [0.1, 0.15) is 45.7 Å². The van der Waals surface area contributed by atoms with Crippen LogP contribution in [0.15, 0.2) is 53.5 Å². The molecule has 0 bridgehead atoms. The minimum atomic E-state index is -0.677. The average Bonchev–Trinajstić information content (AvgIpc) is 2.73. The molecular weight excluding hydrogens is 473 g/mol. The maximum absolute atomic E-state index is 14.5. The lowest BCUT2D eigenvalue weighted by Gasteiger charge is -2.20. The number of aromatic nitrogens is 2. The Morgan fingerprint density at radius 1 is 1.17 bits per heavy atom. The van der Waals surface area contributed by atoms with Gasteiger partial charge in [0.15, 0.2) is 11.6 Å². The second-order valence-electron chi connectivity index (χ2n) is 9.35. The standard InChI is InChI=1S/C26H29ClFN3O4/c1-16(2)34-22-11-10-20(13-21(22)28)29-25-30-24(33)18(12-23(32)35-26(3,4)5)15-31(25)14-17-6-8-19(27)9-7-17/h6-11,13,15-16H,12,14H2,1-5H3,(H,29,30,33). The lowest BCUT2D eigenvalue weighted by molar-refractivity contribution is -0.153. The molecule has 0 amide bonds. The van der Waals surface area contributed by atoms with E-state index in [1.54, 1.807) is 49.7 Å². The summed E-state index contributed by atoms with van der Waals surface area (Å²) in [5.74, 6) is -0.755. The molecule has 0 saturated heterocycles. The Balaban J connectivity index is 1.95. The normalized spacial score (nSPS) is 11.4. The third-order valence-electron chi connectivity index (χ3n) is 4.64. The number of esters is 1. The number of rotatable bonds is 8. The van der Waals surface area contributed by atoms with Gasteiger partial charge < -0.3 is 19.4 Å². The van der Waals surface area contributed by atoms with Crippen molar-refractivity contribution in [1.29, 1.82) is 0 Å². The van der Waals surface area contributed by atoms with Crippen LogP contribution in [-0.4, -0.2) is 27.2 Å². The van der Waals surface area contributed by atoms with Gasteiger partial charge in [-0.1, -0.05) is 23.7 Å². The molecule has 0 atom stereocenters. The molecule has 0 aliphatic heterocycles. The monoisotopic (exact) mass is 501 g/mol. The lowest BCUT2D eigenvalue weighted by Crippen LogP contribution is -2.28. The smallest absolute Gasteiger partial charge is 0.311 e. The number of nitrogens with one attached hydrogen (secondary N) is 1. The van der Waals surface area contributed by atoms with Gasteiger partial charge in [0, 0.05) is 28.5 Å². The molecule has 1 N–H and O–H groups in total. The van der Waals surface area contributed by atoms with E-state index in [9.17, 15) is 14.0 Å². The van der Waals surface area contributed by atoms with Gasteiger partial charge in [0.05, 0.1) is 19.1 Å². The fourth-order valence-electron chi connectivity index (χ4n) is 3.26. The molecule has 0 unspecified atom stereocenters. The predicted octanol–water partition coefficient (Wildman–Crippen LogP) is 5.50. The Morgan fingerprint density at radius 3 is 2.46 bits per heavy atom. The Hall–Kier alpha value is -3.39. The van der Waals surface area contributed by atoms with Crippen LogP contribution in [0.25, 0.3) is 0 Å². The Bertz CT molecular complexity index is 1250. The summed E-state index contributed by atoms with van der Waals surface area (Å²) >= 11 is 6.00. The Morgan fingerprint density at radius 2 is 1.86 bits per heavy atom. The van der Waals surface area contributed by atoms with Gasteiger partial charge >= 0.3 is 5.97 Å². The number of ether oxygens (including phenoxy) is 2. The van der Waals surface area contributed by atoms with Crippen LogP contribution < -0.4 is 15.6 Å². The minimum Gasteiger partial charge on any atom is -0.488 e. The van der Waals surface area contributed by atoms with Crippen LogP contribution in [0.2, 0.25) is 5.02 Å². The van der Waals surface area contributed by atoms with Gasteiger partial charge in [-0.3, -0.25) is 9.59 Å². The second-order valence-corrected chi connectivity index (χ2v) is 9.79. The maximum Gasteiger partial charge on any atom is 0.311 e. The first-order valence-corrected chi connectivity index (χ1v) is 11.6. The van der Waals surface area contributed by atoms with Gasteiger partial charge in [-0.05, 0) is 64.4 Å². The van der Waals surface area contributed by atoms with Gasteiger partial charge in [-0.15, -0.1) is 0 Å². The SMILES string of the molecule is CC(C)Oc1ccc(Nc2nc(=O)c(CC(=O)OC(C)(C)C)cn2Cc2ccc(Cl)cc2)cc1F. The van der Waals surface area contributed by atoms with Crippen molar-refractivity contribution < 1.29 is 18.7 Å². The van der Waals surface area contributed by atoms with E-state index >= 15 is 0 Å². The first-order chi connectivity index (χ1) is 16.4. The van der Waals surface area contributed by atoms with Crippen LogP contribution in [0.4, 0.5) is 16.0 Å². The molecule has 2 aromatic carbocycles. The number of halogens is 2. The van der Waals surface area contributed by atoms with Crippen molar-refractivity contribution in [2.24, 2.45) is 0 Å². The molecule has 3 rings (SSSR count). The molecule has 0 fully saturated rings. The highest BCUT2D eigenvalue weighted by molar-refractivity contribution is 6.30. The van der Waals surface area contributed by atoms with E-state index in [4.69, 9.17) is 21.1 Å². The summed E-state index contributed by atoms with van der Waals surface area (Å²) in [7, 11) is 0. The molecule has 9 heteroatoms. The van der Waals surface area contributed by atoms with Crippen molar-refractivity contribution in [3.63, 3.8) is 0 Å². The number of anilines is 2. The molecule has 0 radical (unpaired) electrons. The van der Waals surface area contributed by atoms with Crippen molar-refractivity contribution in [3.05, 3.63) is 81.0 Å². The largest absolute Gasteiger partial charge is 0.488 e. The molecule has 35 heavy (non-hydrogen) atoms. The van der Waals surface area contributed by atoms with E-state index in [1.807, 2.05) is 26.0 Å². The molecule has 1 heterocycles. The van der Waals surface area contributed by atoms with E-state index in [0.717, 1.165) is 5.56 Å². The van der Waals surface area contributed by atoms with E-state index in [-0.39, 0.29) is 29.8 Å². The van der Waals surface area contributed by atoms with E-state index in [1.165, 1.54) is 12.1 Å². The van der Waals surface area contributed by atoms with Crippen molar-refractivity contribution >= 4 is 29.2 Å². The average molecular weight is 502 g/mol. The number of benzene rings is 2. The molecule has 186 valence electrons. The molecule has 1 aromatic heterocycles. The number of nitrogens with zero attached hydrogens (tertiary/aromatic N) is 2. The van der Waals surface area contributed by atoms with Gasteiger partial charge in [0.1, 0.15) is 5.60 Å². The molecule has 0 aliphatic carbocycles. The summed E-state index contributed by atoms with van der Waals surface area (Å²) in [5.41, 5.74) is 0.203. The van der Waals surface area contributed by atoms with Crippen molar-refractivity contribution in [2.75, 3.05) is 5.32 Å². The van der Waals surface area contributed by atoms with Crippen LogP contribution >= 0.6 is 11.6 Å². The number of carbonyl (C=O) groups is 1. The number of hydrogen-bond acceptors (Lipinski definition) is 6. The maximum atomic E-state index is 14.5. The molecule has 0 aliphatic rings. The topological polar surface area (TPSA) is 82.4 Å². The minimum absolute atomic E-state index is 0.129. The highest BCUT2D eigenvalue weighted by Gasteiger charge is 2.19. The summed E-state index contributed by atoms with van der Waals surface area (Å²) in [6.45, 7) is 9.21. The lowest BCUT2D eigenvalue weighted by atomic mass is 10.2. The Kier molecular flexibility index (Phi) is 8.17. The highest BCUT2D eigenvalue weighted by atomic mass is 35.5. The zero-order chi connectivity index (χ0) is 25.8. The quantitative estimate of drug-likeness (QED) is 0.410. The third-order valence-corrected chi connectivity index (χ3v) is 4.89. The molecular formula is C26H29ClFN3O4. The molecule has 0 spiro atoms. The van der Waals surface area contributed by atoms with Crippen LogP contribution in [0.5, 0.6) is 5.75 Å². The van der Waals surface area contributed by atoms with Crippen molar-refractivity contribution in [2.45, 2.75) is 59.3 Å². The Labute approximate surface area is 208 Å². The van der Waals surface area contributed by atoms with E-state index in [2.05, 4.69) is 10.3 Å². The van der Waals surface area contributed by atoms with Crippen LogP contribution in [-0.2, 0) is 22.5 Å². The van der Waals surface area contributed by atoms with Crippen LogP contribution in [0, 0.1) is 5.82 Å². The first-order valence-electron chi connectivity index (χ1n) is 11.2. The number of carbonyl (C=O) groups excluding carboxylic acids is 1. The fraction of sp³-hybridized carbons (Fsp3) is 0.346. The predicted molar refractivity (Wildman–Crippen MR) is 134 cm³/mol. The van der Waals surface area contributed by atoms with Gasteiger partial charge in [-0.25, -0.2) is 4.39 Å². The summed E-state index contributed by atoms with van der Waals surface area (Å²) in [6, 6.07) is 11.6. The van der Waals surface area contributed by atoms with Crippen molar-refractivity contribution in [3.8, 4) is 5.75 Å². The summed E-state index contributed by atoms with van der Waals surface area (Å²) in [6.07, 6.45) is 1.16. The summed E-state index contributed by atoms with van der Waals surface area (Å²) in [4.78, 5) is 29.2. The van der Waals surface area contributed by atoms with E-state index < -0.39 is 22.9 Å². The first kappa shape index (κ1) is 26.2. The van der Waals surface area contributed by atoms with Crippen LogP contribution in [0.3, 0.4) is 0 Å². The fourth-order valence-corrected chi connectivity index (χ4v) is 3.38. The highest BCUT2D eigenvalue weighted by Crippen LogP contribution is 2.24. The third kappa shape index (κ3) is 7.82. The molecule has 7 nitrogen and oxygen atoms in total.